The maximum atomic E-state index is 11.8. The molecule has 1 saturated heterocycles. The fraction of sp³-hybridized carbons (Fsp3) is 0.917. The van der Waals surface area contributed by atoms with Gasteiger partial charge in [0.25, 0.3) is 0 Å². The Bertz CT molecular complexity index is 209. The lowest BCUT2D eigenvalue weighted by Crippen LogP contribution is -2.42. The van der Waals surface area contributed by atoms with Crippen LogP contribution in [-0.4, -0.2) is 43.7 Å². The van der Waals surface area contributed by atoms with Gasteiger partial charge >= 0.3 is 0 Å². The van der Waals surface area contributed by atoms with Crippen LogP contribution in [0.4, 0.5) is 0 Å². The quantitative estimate of drug-likeness (QED) is 0.690. The van der Waals surface area contributed by atoms with Gasteiger partial charge in [0.1, 0.15) is 0 Å². The van der Waals surface area contributed by atoms with E-state index in [1.54, 1.807) is 0 Å². The third-order valence-corrected chi connectivity index (χ3v) is 3.01. The molecule has 0 aromatic rings. The molecule has 1 heterocycles. The van der Waals surface area contributed by atoms with Gasteiger partial charge in [-0.1, -0.05) is 6.92 Å². The molecule has 1 aliphatic rings. The Morgan fingerprint density at radius 3 is 3.00 bits per heavy atom. The molecular weight excluding hydrogens is 204 g/mol. The molecule has 0 aromatic heterocycles. The number of rotatable bonds is 6. The third-order valence-electron chi connectivity index (χ3n) is 3.01. The number of carbonyl (C=O) groups is 1. The van der Waals surface area contributed by atoms with Gasteiger partial charge in [-0.25, -0.2) is 0 Å². The molecule has 0 radical (unpaired) electrons. The second kappa shape index (κ2) is 7.63. The van der Waals surface area contributed by atoms with Gasteiger partial charge < -0.3 is 15.4 Å². The number of nitrogens with zero attached hydrogens (tertiary/aromatic N) is 1. The first-order valence-electron chi connectivity index (χ1n) is 6.33. The molecular formula is C12H24N2O2. The largest absolute Gasteiger partial charge is 0.381 e. The second-order valence-electron chi connectivity index (χ2n) is 4.45. The van der Waals surface area contributed by atoms with Crippen LogP contribution in [0.5, 0.6) is 0 Å². The number of hydrogen-bond donors (Lipinski definition) is 1. The summed E-state index contributed by atoms with van der Waals surface area (Å²) in [5, 5.41) is 0. The first kappa shape index (κ1) is 13.5. The number of piperidine rings is 1. The lowest BCUT2D eigenvalue weighted by molar-refractivity contribution is -0.134. The Hall–Kier alpha value is -0.610. The highest BCUT2D eigenvalue weighted by atomic mass is 16.5. The van der Waals surface area contributed by atoms with Gasteiger partial charge in [-0.05, 0) is 31.7 Å². The Morgan fingerprint density at radius 1 is 1.50 bits per heavy atom. The van der Waals surface area contributed by atoms with E-state index in [0.717, 1.165) is 39.0 Å². The predicted octanol–water partition coefficient (Wildman–Crippen LogP) is 1.00. The van der Waals surface area contributed by atoms with Gasteiger partial charge in [-0.2, -0.15) is 0 Å². The van der Waals surface area contributed by atoms with Crippen LogP contribution < -0.4 is 5.73 Å². The number of amides is 1. The van der Waals surface area contributed by atoms with E-state index in [4.69, 9.17) is 10.5 Å². The zero-order chi connectivity index (χ0) is 11.8. The van der Waals surface area contributed by atoms with E-state index in [1.807, 2.05) is 4.90 Å². The van der Waals surface area contributed by atoms with E-state index in [9.17, 15) is 4.79 Å². The molecule has 0 bridgehead atoms. The number of carbonyl (C=O) groups excluding carboxylic acids is 1. The van der Waals surface area contributed by atoms with Crippen LogP contribution in [0.15, 0.2) is 0 Å². The Morgan fingerprint density at radius 2 is 2.31 bits per heavy atom. The van der Waals surface area contributed by atoms with Gasteiger partial charge in [-0.3, -0.25) is 4.79 Å². The number of hydrogen-bond acceptors (Lipinski definition) is 3. The van der Waals surface area contributed by atoms with Crippen LogP contribution in [0.2, 0.25) is 0 Å². The van der Waals surface area contributed by atoms with E-state index in [2.05, 4.69) is 6.92 Å². The lowest BCUT2D eigenvalue weighted by Gasteiger charge is -2.32. The van der Waals surface area contributed by atoms with Crippen LogP contribution in [0.1, 0.15) is 32.6 Å². The number of likely N-dealkylation sites (tertiary alicyclic amines) is 1. The number of nitrogens with two attached hydrogens (primary N) is 1. The fourth-order valence-corrected chi connectivity index (χ4v) is 2.05. The van der Waals surface area contributed by atoms with Gasteiger partial charge in [0.15, 0.2) is 0 Å². The van der Waals surface area contributed by atoms with Gasteiger partial charge in [-0.15, -0.1) is 0 Å². The normalized spacial score (nSPS) is 21.1. The molecule has 1 atom stereocenters. The minimum atomic E-state index is 0.217. The van der Waals surface area contributed by atoms with E-state index < -0.39 is 0 Å². The summed E-state index contributed by atoms with van der Waals surface area (Å²) in [6, 6.07) is 0. The van der Waals surface area contributed by atoms with E-state index in [1.165, 1.54) is 0 Å². The van der Waals surface area contributed by atoms with Gasteiger partial charge in [0, 0.05) is 19.7 Å². The average Bonchev–Trinajstić information content (AvgIpc) is 2.34. The monoisotopic (exact) mass is 228 g/mol. The summed E-state index contributed by atoms with van der Waals surface area (Å²) in [5.74, 6) is 0.712. The van der Waals surface area contributed by atoms with E-state index in [0.29, 0.717) is 25.5 Å². The van der Waals surface area contributed by atoms with E-state index in [-0.39, 0.29) is 5.91 Å². The van der Waals surface area contributed by atoms with E-state index >= 15 is 0 Å². The summed E-state index contributed by atoms with van der Waals surface area (Å²) in [7, 11) is 0. The first-order chi connectivity index (χ1) is 7.77. The van der Waals surface area contributed by atoms with Crippen molar-refractivity contribution in [2.24, 2.45) is 11.7 Å². The molecule has 0 aliphatic carbocycles. The van der Waals surface area contributed by atoms with Crippen molar-refractivity contribution in [3.63, 3.8) is 0 Å². The summed E-state index contributed by atoms with van der Waals surface area (Å²) in [6.45, 7) is 5.79. The second-order valence-corrected chi connectivity index (χ2v) is 4.45. The summed E-state index contributed by atoms with van der Waals surface area (Å²) in [5.41, 5.74) is 5.64. The van der Waals surface area contributed by atoms with Crippen molar-refractivity contribution in [1.29, 1.82) is 0 Å². The predicted molar refractivity (Wildman–Crippen MR) is 64.1 cm³/mol. The van der Waals surface area contributed by atoms with Crippen LogP contribution in [0.3, 0.4) is 0 Å². The van der Waals surface area contributed by atoms with Crippen molar-refractivity contribution in [3.05, 3.63) is 0 Å². The van der Waals surface area contributed by atoms with Gasteiger partial charge in [0.2, 0.25) is 5.91 Å². The maximum absolute atomic E-state index is 11.8. The van der Waals surface area contributed by atoms with Crippen LogP contribution >= 0.6 is 0 Å². The fourth-order valence-electron chi connectivity index (χ4n) is 2.05. The molecule has 4 nitrogen and oxygen atoms in total. The molecule has 1 fully saturated rings. The molecule has 1 rings (SSSR count). The smallest absolute Gasteiger partial charge is 0.224 e. The average molecular weight is 228 g/mol. The van der Waals surface area contributed by atoms with Crippen molar-refractivity contribution in [2.45, 2.75) is 32.6 Å². The standard InChI is InChI=1S/C12H24N2O2/c1-2-7-16-8-5-12(15)14-6-3-4-11(9-13)10-14/h11H,2-10,13H2,1H3. The van der Waals surface area contributed by atoms with Crippen molar-refractivity contribution in [1.82, 2.24) is 4.90 Å². The molecule has 0 spiro atoms. The topological polar surface area (TPSA) is 55.6 Å². The zero-order valence-corrected chi connectivity index (χ0v) is 10.3. The summed E-state index contributed by atoms with van der Waals surface area (Å²) in [4.78, 5) is 13.8. The highest BCUT2D eigenvalue weighted by molar-refractivity contribution is 5.76. The van der Waals surface area contributed by atoms with Crippen LogP contribution in [-0.2, 0) is 9.53 Å². The Kier molecular flexibility index (Phi) is 6.42. The van der Waals surface area contributed by atoms with Crippen molar-refractivity contribution in [3.8, 4) is 0 Å². The number of ether oxygens (including phenoxy) is 1. The highest BCUT2D eigenvalue weighted by Crippen LogP contribution is 2.15. The van der Waals surface area contributed by atoms with Crippen LogP contribution in [0, 0.1) is 5.92 Å². The molecule has 2 N–H and O–H groups in total. The first-order valence-corrected chi connectivity index (χ1v) is 6.33. The van der Waals surface area contributed by atoms with Crippen molar-refractivity contribution in [2.75, 3.05) is 32.8 Å². The summed E-state index contributed by atoms with van der Waals surface area (Å²) < 4.78 is 5.33. The summed E-state index contributed by atoms with van der Waals surface area (Å²) in [6.07, 6.45) is 3.76. The zero-order valence-electron chi connectivity index (χ0n) is 10.3. The molecule has 4 heteroatoms. The molecule has 16 heavy (non-hydrogen) atoms. The minimum Gasteiger partial charge on any atom is -0.381 e. The van der Waals surface area contributed by atoms with Crippen molar-refractivity contribution < 1.29 is 9.53 Å². The molecule has 1 amide bonds. The van der Waals surface area contributed by atoms with Gasteiger partial charge in [0.05, 0.1) is 13.0 Å². The summed E-state index contributed by atoms with van der Waals surface area (Å²) >= 11 is 0. The third kappa shape index (κ3) is 4.49. The Labute approximate surface area is 98.1 Å². The highest BCUT2D eigenvalue weighted by Gasteiger charge is 2.22. The Balaban J connectivity index is 2.19. The molecule has 1 aliphatic heterocycles. The SMILES string of the molecule is CCCOCCC(=O)N1CCCC(CN)C1. The minimum absolute atomic E-state index is 0.217. The molecule has 0 saturated carbocycles. The maximum Gasteiger partial charge on any atom is 0.224 e. The molecule has 0 aromatic carbocycles. The molecule has 1 unspecified atom stereocenters. The van der Waals surface area contributed by atoms with Crippen LogP contribution in [0.25, 0.3) is 0 Å². The molecule has 94 valence electrons. The lowest BCUT2D eigenvalue weighted by atomic mass is 9.98. The van der Waals surface area contributed by atoms with Crippen molar-refractivity contribution >= 4 is 5.91 Å².